The summed E-state index contributed by atoms with van der Waals surface area (Å²) in [6.07, 6.45) is 1.66. The van der Waals surface area contributed by atoms with E-state index in [0.29, 0.717) is 10.6 Å². The van der Waals surface area contributed by atoms with E-state index in [-0.39, 0.29) is 0 Å². The zero-order chi connectivity index (χ0) is 13.2. The lowest BCUT2D eigenvalue weighted by atomic mass is 10.1. The zero-order valence-electron chi connectivity index (χ0n) is 10.3. The second-order valence-corrected chi connectivity index (χ2v) is 6.05. The highest BCUT2D eigenvalue weighted by molar-refractivity contribution is 7.99. The van der Waals surface area contributed by atoms with Gasteiger partial charge in [-0.25, -0.2) is 0 Å². The smallest absolute Gasteiger partial charge is 0.103 e. The first-order valence-corrected chi connectivity index (χ1v) is 7.64. The molecule has 1 fully saturated rings. The van der Waals surface area contributed by atoms with Crippen molar-refractivity contribution in [2.45, 2.75) is 0 Å². The van der Waals surface area contributed by atoms with Crippen LogP contribution in [0.15, 0.2) is 24.4 Å². The molecule has 3 nitrogen and oxygen atoms in total. The largest absolute Gasteiger partial charge is 0.368 e. The van der Waals surface area contributed by atoms with Gasteiger partial charge in [-0.3, -0.25) is 4.98 Å². The highest BCUT2D eigenvalue weighted by Crippen LogP contribution is 2.32. The van der Waals surface area contributed by atoms with Crippen LogP contribution in [0.5, 0.6) is 0 Å². The Hall–Kier alpha value is -1.44. The van der Waals surface area contributed by atoms with Gasteiger partial charge in [-0.2, -0.15) is 17.0 Å². The summed E-state index contributed by atoms with van der Waals surface area (Å²) in [5.41, 5.74) is 2.49. The molecule has 1 aromatic carbocycles. The number of pyridine rings is 1. The quantitative estimate of drug-likeness (QED) is 0.807. The number of thioether (sulfide) groups is 1. The Balaban J connectivity index is 2.23. The molecule has 5 heteroatoms. The van der Waals surface area contributed by atoms with Crippen molar-refractivity contribution in [1.82, 2.24) is 4.98 Å². The average Bonchev–Trinajstić information content (AvgIpc) is 2.46. The van der Waals surface area contributed by atoms with Gasteiger partial charge in [0.1, 0.15) is 6.07 Å². The van der Waals surface area contributed by atoms with Crippen molar-refractivity contribution in [2.75, 3.05) is 29.5 Å². The Bertz CT molecular complexity index is 660. The summed E-state index contributed by atoms with van der Waals surface area (Å²) in [7, 11) is 0. The molecular formula is C14H12ClN3S. The standard InChI is InChI=1S/C14H12ClN3S/c15-11-1-2-13-12(7-11)14(10(8-16)9-17-13)18-3-5-19-6-4-18/h1-2,7,9H,3-6H2. The fourth-order valence-electron chi connectivity index (χ4n) is 2.36. The first-order valence-electron chi connectivity index (χ1n) is 6.10. The van der Waals surface area contributed by atoms with Crippen LogP contribution in [-0.2, 0) is 0 Å². The molecule has 0 unspecified atom stereocenters. The van der Waals surface area contributed by atoms with E-state index in [2.05, 4.69) is 16.0 Å². The van der Waals surface area contributed by atoms with E-state index in [0.717, 1.165) is 41.2 Å². The van der Waals surface area contributed by atoms with Gasteiger partial charge < -0.3 is 4.90 Å². The Morgan fingerprint density at radius 2 is 2.11 bits per heavy atom. The topological polar surface area (TPSA) is 39.9 Å². The minimum Gasteiger partial charge on any atom is -0.368 e. The molecule has 0 bridgehead atoms. The summed E-state index contributed by atoms with van der Waals surface area (Å²) in [5, 5.41) is 11.0. The number of aromatic nitrogens is 1. The maximum Gasteiger partial charge on any atom is 0.103 e. The second-order valence-electron chi connectivity index (χ2n) is 4.39. The minimum absolute atomic E-state index is 0.627. The van der Waals surface area contributed by atoms with Crippen molar-refractivity contribution in [1.29, 1.82) is 5.26 Å². The Kier molecular flexibility index (Phi) is 3.50. The van der Waals surface area contributed by atoms with Gasteiger partial charge in [0, 0.05) is 41.2 Å². The molecule has 0 amide bonds. The van der Waals surface area contributed by atoms with Crippen LogP contribution < -0.4 is 4.90 Å². The molecule has 0 atom stereocenters. The Morgan fingerprint density at radius 3 is 2.84 bits per heavy atom. The third-order valence-corrected chi connectivity index (χ3v) is 4.43. The van der Waals surface area contributed by atoms with Crippen LogP contribution in [0, 0.1) is 11.3 Å². The molecule has 1 aliphatic heterocycles. The summed E-state index contributed by atoms with van der Waals surface area (Å²) in [4.78, 5) is 6.61. The van der Waals surface area contributed by atoms with E-state index in [1.54, 1.807) is 6.20 Å². The van der Waals surface area contributed by atoms with Crippen molar-refractivity contribution in [2.24, 2.45) is 0 Å². The highest BCUT2D eigenvalue weighted by atomic mass is 35.5. The predicted molar refractivity (Wildman–Crippen MR) is 81.0 cm³/mol. The van der Waals surface area contributed by atoms with E-state index in [9.17, 15) is 5.26 Å². The molecule has 1 aliphatic rings. The van der Waals surface area contributed by atoms with Gasteiger partial charge in [0.2, 0.25) is 0 Å². The number of fused-ring (bicyclic) bond motifs is 1. The number of nitriles is 1. The van der Waals surface area contributed by atoms with Crippen molar-refractivity contribution >= 4 is 40.0 Å². The molecule has 0 spiro atoms. The van der Waals surface area contributed by atoms with E-state index < -0.39 is 0 Å². The Morgan fingerprint density at radius 1 is 1.32 bits per heavy atom. The van der Waals surface area contributed by atoms with Crippen LogP contribution in [0.4, 0.5) is 5.69 Å². The zero-order valence-corrected chi connectivity index (χ0v) is 11.8. The normalized spacial score (nSPS) is 15.5. The number of hydrogen-bond donors (Lipinski definition) is 0. The lowest BCUT2D eigenvalue weighted by Crippen LogP contribution is -2.33. The fraction of sp³-hybridized carbons (Fsp3) is 0.286. The first kappa shape index (κ1) is 12.6. The molecule has 3 rings (SSSR count). The van der Waals surface area contributed by atoms with Gasteiger partial charge in [-0.1, -0.05) is 11.6 Å². The molecule has 2 aromatic rings. The number of anilines is 1. The minimum atomic E-state index is 0.627. The summed E-state index contributed by atoms with van der Waals surface area (Å²) >= 11 is 8.04. The number of rotatable bonds is 1. The summed E-state index contributed by atoms with van der Waals surface area (Å²) < 4.78 is 0. The summed E-state index contributed by atoms with van der Waals surface area (Å²) in [5.74, 6) is 2.19. The van der Waals surface area contributed by atoms with Crippen molar-refractivity contribution in [3.63, 3.8) is 0 Å². The third kappa shape index (κ3) is 2.36. The van der Waals surface area contributed by atoms with Gasteiger partial charge in [0.25, 0.3) is 0 Å². The second kappa shape index (κ2) is 5.28. The van der Waals surface area contributed by atoms with E-state index in [4.69, 9.17) is 11.6 Å². The molecule has 0 aliphatic carbocycles. The lowest BCUT2D eigenvalue weighted by molar-refractivity contribution is 0.860. The molecule has 0 radical (unpaired) electrons. The molecule has 0 saturated carbocycles. The first-order chi connectivity index (χ1) is 9.29. The molecule has 2 heterocycles. The summed E-state index contributed by atoms with van der Waals surface area (Å²) in [6, 6.07) is 7.89. The van der Waals surface area contributed by atoms with Crippen LogP contribution in [0.1, 0.15) is 5.56 Å². The monoisotopic (exact) mass is 289 g/mol. The third-order valence-electron chi connectivity index (χ3n) is 3.25. The lowest BCUT2D eigenvalue weighted by Gasteiger charge is -2.30. The summed E-state index contributed by atoms with van der Waals surface area (Å²) in [6.45, 7) is 1.93. The van der Waals surface area contributed by atoms with Crippen LogP contribution in [-0.4, -0.2) is 29.6 Å². The molecule has 19 heavy (non-hydrogen) atoms. The molecule has 0 N–H and O–H groups in total. The van der Waals surface area contributed by atoms with Crippen LogP contribution in [0.2, 0.25) is 5.02 Å². The molecular weight excluding hydrogens is 278 g/mol. The average molecular weight is 290 g/mol. The molecule has 96 valence electrons. The number of nitrogens with zero attached hydrogens (tertiary/aromatic N) is 3. The molecule has 1 aromatic heterocycles. The van der Waals surface area contributed by atoms with Crippen molar-refractivity contribution < 1.29 is 0 Å². The maximum absolute atomic E-state index is 9.32. The Labute approximate surface area is 121 Å². The number of hydrogen-bond acceptors (Lipinski definition) is 4. The van der Waals surface area contributed by atoms with Crippen LogP contribution >= 0.6 is 23.4 Å². The highest BCUT2D eigenvalue weighted by Gasteiger charge is 2.18. The van der Waals surface area contributed by atoms with E-state index in [1.807, 2.05) is 30.0 Å². The molecule has 1 saturated heterocycles. The van der Waals surface area contributed by atoms with E-state index >= 15 is 0 Å². The van der Waals surface area contributed by atoms with Gasteiger partial charge in [-0.05, 0) is 18.2 Å². The van der Waals surface area contributed by atoms with Gasteiger partial charge in [0.15, 0.2) is 0 Å². The van der Waals surface area contributed by atoms with Crippen LogP contribution in [0.25, 0.3) is 10.9 Å². The van der Waals surface area contributed by atoms with Crippen molar-refractivity contribution in [3.8, 4) is 6.07 Å². The fourth-order valence-corrected chi connectivity index (χ4v) is 3.44. The number of benzene rings is 1. The predicted octanol–water partition coefficient (Wildman–Crippen LogP) is 3.31. The number of halogens is 1. The van der Waals surface area contributed by atoms with Crippen LogP contribution in [0.3, 0.4) is 0 Å². The van der Waals surface area contributed by atoms with Gasteiger partial charge in [-0.15, -0.1) is 0 Å². The maximum atomic E-state index is 9.32. The van der Waals surface area contributed by atoms with Crippen molar-refractivity contribution in [3.05, 3.63) is 35.0 Å². The van der Waals surface area contributed by atoms with Gasteiger partial charge >= 0.3 is 0 Å². The van der Waals surface area contributed by atoms with E-state index in [1.165, 1.54) is 0 Å². The SMILES string of the molecule is N#Cc1cnc2ccc(Cl)cc2c1N1CCSCC1. The van der Waals surface area contributed by atoms with Gasteiger partial charge in [0.05, 0.1) is 16.8 Å².